The molecule has 0 aromatic rings. The lowest BCUT2D eigenvalue weighted by Gasteiger charge is -2.29. The first-order chi connectivity index (χ1) is 7.89. The van der Waals surface area contributed by atoms with Crippen LogP contribution in [0.2, 0.25) is 0 Å². The Balaban J connectivity index is 2.62. The number of carbonyl (C=O) groups excluding carboxylic acids is 1. The second-order valence-corrected chi connectivity index (χ2v) is 5.43. The van der Waals surface area contributed by atoms with Crippen LogP contribution in [0.4, 0.5) is 4.79 Å². The zero-order chi connectivity index (χ0) is 13.1. The van der Waals surface area contributed by atoms with Crippen LogP contribution in [0.25, 0.3) is 0 Å². The van der Waals surface area contributed by atoms with Crippen LogP contribution in [0.3, 0.4) is 0 Å². The molecule has 0 saturated carbocycles. The molecular weight excluding hydrogens is 218 g/mol. The van der Waals surface area contributed by atoms with Crippen molar-refractivity contribution >= 4 is 6.09 Å². The van der Waals surface area contributed by atoms with E-state index in [1.807, 2.05) is 32.6 Å². The summed E-state index contributed by atoms with van der Waals surface area (Å²) in [5.74, 6) is 0. The van der Waals surface area contributed by atoms with Crippen LogP contribution in [0.5, 0.6) is 0 Å². The molecular formula is C13H25NO3. The summed E-state index contributed by atoms with van der Waals surface area (Å²) >= 11 is 0. The average molecular weight is 243 g/mol. The molecule has 100 valence electrons. The van der Waals surface area contributed by atoms with Crippen molar-refractivity contribution in [3.63, 3.8) is 0 Å². The summed E-state index contributed by atoms with van der Waals surface area (Å²) in [4.78, 5) is 13.8. The predicted molar refractivity (Wildman–Crippen MR) is 67.1 cm³/mol. The fourth-order valence-electron chi connectivity index (χ4n) is 2.26. The van der Waals surface area contributed by atoms with Gasteiger partial charge >= 0.3 is 6.09 Å². The van der Waals surface area contributed by atoms with Gasteiger partial charge < -0.3 is 14.4 Å². The maximum absolute atomic E-state index is 12.0. The van der Waals surface area contributed by atoms with Crippen LogP contribution in [-0.4, -0.2) is 41.9 Å². The van der Waals surface area contributed by atoms with Crippen molar-refractivity contribution in [2.75, 3.05) is 13.2 Å². The largest absolute Gasteiger partial charge is 0.444 e. The van der Waals surface area contributed by atoms with E-state index in [9.17, 15) is 4.79 Å². The van der Waals surface area contributed by atoms with Crippen LogP contribution in [0.15, 0.2) is 0 Å². The molecule has 0 aromatic heterocycles. The minimum absolute atomic E-state index is 0.157. The van der Waals surface area contributed by atoms with Crippen LogP contribution in [0.1, 0.15) is 47.5 Å². The number of likely N-dealkylation sites (tertiary alicyclic amines) is 1. The van der Waals surface area contributed by atoms with Crippen molar-refractivity contribution < 1.29 is 14.3 Å². The highest BCUT2D eigenvalue weighted by molar-refractivity contribution is 5.69. The standard InChI is InChI=1S/C13H25NO3/c1-6-10-11(16-7-2)8-9-14(10)12(15)17-13(3,4)5/h10-11H,6-9H2,1-5H3. The quantitative estimate of drug-likeness (QED) is 0.765. The SMILES string of the molecule is CCOC1CCN(C(=O)OC(C)(C)C)C1CC. The smallest absolute Gasteiger partial charge is 0.410 e. The van der Waals surface area contributed by atoms with Gasteiger partial charge in [0.15, 0.2) is 0 Å². The number of nitrogens with zero attached hydrogens (tertiary/aromatic N) is 1. The van der Waals surface area contributed by atoms with Gasteiger partial charge in [-0.25, -0.2) is 4.79 Å². The van der Waals surface area contributed by atoms with E-state index >= 15 is 0 Å². The first-order valence-corrected chi connectivity index (χ1v) is 6.50. The molecule has 1 aliphatic heterocycles. The highest BCUT2D eigenvalue weighted by Gasteiger charge is 2.38. The topological polar surface area (TPSA) is 38.8 Å². The van der Waals surface area contributed by atoms with E-state index in [4.69, 9.17) is 9.47 Å². The zero-order valence-corrected chi connectivity index (χ0v) is 11.7. The summed E-state index contributed by atoms with van der Waals surface area (Å²) in [5.41, 5.74) is -0.431. The van der Waals surface area contributed by atoms with Crippen LogP contribution in [-0.2, 0) is 9.47 Å². The van der Waals surface area contributed by atoms with E-state index in [0.717, 1.165) is 19.4 Å². The van der Waals surface area contributed by atoms with Crippen LogP contribution in [0, 0.1) is 0 Å². The second-order valence-electron chi connectivity index (χ2n) is 5.43. The Kier molecular flexibility index (Phi) is 4.80. The molecule has 1 rings (SSSR count). The number of amides is 1. The van der Waals surface area contributed by atoms with E-state index in [0.29, 0.717) is 6.61 Å². The third-order valence-electron chi connectivity index (χ3n) is 2.91. The molecule has 4 nitrogen and oxygen atoms in total. The molecule has 0 radical (unpaired) electrons. The van der Waals surface area contributed by atoms with Gasteiger partial charge in [-0.1, -0.05) is 6.92 Å². The monoisotopic (exact) mass is 243 g/mol. The van der Waals surface area contributed by atoms with E-state index in [1.165, 1.54) is 0 Å². The molecule has 0 aliphatic carbocycles. The summed E-state index contributed by atoms with van der Waals surface area (Å²) in [6, 6.07) is 0.157. The normalized spacial score (nSPS) is 25.1. The molecule has 17 heavy (non-hydrogen) atoms. The second kappa shape index (κ2) is 5.71. The summed E-state index contributed by atoms with van der Waals surface area (Å²) in [5, 5.41) is 0. The average Bonchev–Trinajstić information content (AvgIpc) is 2.58. The number of rotatable bonds is 3. The minimum Gasteiger partial charge on any atom is -0.444 e. The number of ether oxygens (including phenoxy) is 2. The Morgan fingerprint density at radius 3 is 2.47 bits per heavy atom. The summed E-state index contributed by atoms with van der Waals surface area (Å²) < 4.78 is 11.1. The van der Waals surface area contributed by atoms with Crippen molar-refractivity contribution in [1.82, 2.24) is 4.90 Å². The third-order valence-corrected chi connectivity index (χ3v) is 2.91. The first kappa shape index (κ1) is 14.3. The minimum atomic E-state index is -0.431. The van der Waals surface area contributed by atoms with Gasteiger partial charge in [0.25, 0.3) is 0 Å². The Morgan fingerprint density at radius 1 is 1.35 bits per heavy atom. The highest BCUT2D eigenvalue weighted by Crippen LogP contribution is 2.25. The highest BCUT2D eigenvalue weighted by atomic mass is 16.6. The van der Waals surface area contributed by atoms with Crippen molar-refractivity contribution in [2.45, 2.75) is 65.2 Å². The summed E-state index contributed by atoms with van der Waals surface area (Å²) in [6.07, 6.45) is 1.76. The van der Waals surface area contributed by atoms with Gasteiger partial charge in [-0.05, 0) is 40.5 Å². The number of hydrogen-bond donors (Lipinski definition) is 0. The zero-order valence-electron chi connectivity index (χ0n) is 11.7. The molecule has 4 heteroatoms. The van der Waals surface area contributed by atoms with Crippen molar-refractivity contribution in [1.29, 1.82) is 0 Å². The fourth-order valence-corrected chi connectivity index (χ4v) is 2.26. The van der Waals surface area contributed by atoms with Gasteiger partial charge in [-0.3, -0.25) is 0 Å². The Morgan fingerprint density at radius 2 is 2.00 bits per heavy atom. The molecule has 1 saturated heterocycles. The van der Waals surface area contributed by atoms with Crippen molar-refractivity contribution in [3.05, 3.63) is 0 Å². The molecule has 1 fully saturated rings. The Bertz CT molecular complexity index is 260. The predicted octanol–water partition coefficient (Wildman–Crippen LogP) is 2.81. The van der Waals surface area contributed by atoms with E-state index < -0.39 is 5.60 Å². The van der Waals surface area contributed by atoms with Gasteiger partial charge in [0.1, 0.15) is 5.60 Å². The van der Waals surface area contributed by atoms with Gasteiger partial charge in [-0.2, -0.15) is 0 Å². The molecule has 2 unspecified atom stereocenters. The third kappa shape index (κ3) is 3.87. The molecule has 1 amide bonds. The van der Waals surface area contributed by atoms with Crippen molar-refractivity contribution in [3.8, 4) is 0 Å². The molecule has 1 heterocycles. The fraction of sp³-hybridized carbons (Fsp3) is 0.923. The molecule has 0 bridgehead atoms. The Hall–Kier alpha value is -0.770. The lowest BCUT2D eigenvalue weighted by Crippen LogP contribution is -2.42. The molecule has 0 spiro atoms. The molecule has 2 atom stereocenters. The number of carbonyl (C=O) groups is 1. The Labute approximate surface area is 104 Å². The van der Waals surface area contributed by atoms with Crippen LogP contribution < -0.4 is 0 Å². The molecule has 0 N–H and O–H groups in total. The summed E-state index contributed by atoms with van der Waals surface area (Å²) in [7, 11) is 0. The maximum Gasteiger partial charge on any atom is 0.410 e. The van der Waals surface area contributed by atoms with Gasteiger partial charge in [0.2, 0.25) is 0 Å². The van der Waals surface area contributed by atoms with Crippen molar-refractivity contribution in [2.24, 2.45) is 0 Å². The van der Waals surface area contributed by atoms with Gasteiger partial charge in [0.05, 0.1) is 12.1 Å². The molecule has 1 aliphatic rings. The van der Waals surface area contributed by atoms with E-state index in [1.54, 1.807) is 0 Å². The summed E-state index contributed by atoms with van der Waals surface area (Å²) in [6.45, 7) is 11.2. The van der Waals surface area contributed by atoms with Gasteiger partial charge in [0, 0.05) is 13.2 Å². The number of hydrogen-bond acceptors (Lipinski definition) is 3. The lowest BCUT2D eigenvalue weighted by atomic mass is 10.1. The first-order valence-electron chi connectivity index (χ1n) is 6.50. The van der Waals surface area contributed by atoms with E-state index in [2.05, 4.69) is 6.92 Å². The van der Waals surface area contributed by atoms with Gasteiger partial charge in [-0.15, -0.1) is 0 Å². The molecule has 0 aromatic carbocycles. The lowest BCUT2D eigenvalue weighted by molar-refractivity contribution is 0.00257. The van der Waals surface area contributed by atoms with Crippen LogP contribution >= 0.6 is 0 Å². The van der Waals surface area contributed by atoms with E-state index in [-0.39, 0.29) is 18.2 Å². The maximum atomic E-state index is 12.0.